The predicted molar refractivity (Wildman–Crippen MR) is 57.0 cm³/mol. The molecule has 2 aromatic rings. The van der Waals surface area contributed by atoms with Crippen LogP contribution < -0.4 is 0 Å². The maximum absolute atomic E-state index is 5.50. The zero-order chi connectivity index (χ0) is 10.3. The second-order valence-electron chi connectivity index (χ2n) is 3.18. The predicted octanol–water partition coefficient (Wildman–Crippen LogP) is 2.19. The van der Waals surface area contributed by atoms with Gasteiger partial charge in [-0.25, -0.2) is 0 Å². The van der Waals surface area contributed by atoms with Gasteiger partial charge in [0, 0.05) is 18.6 Å². The molecule has 0 saturated carbocycles. The molecule has 0 radical (unpaired) electrons. The zero-order valence-corrected chi connectivity index (χ0v) is 8.34. The second-order valence-corrected chi connectivity index (χ2v) is 3.18. The number of nitrogens with zero attached hydrogens (tertiary/aromatic N) is 2. The Morgan fingerprint density at radius 2 is 2.00 bits per heavy atom. The van der Waals surface area contributed by atoms with Crippen LogP contribution in [0.3, 0.4) is 0 Å². The van der Waals surface area contributed by atoms with Gasteiger partial charge < -0.3 is 4.74 Å². The number of aromatic nitrogens is 2. The second kappa shape index (κ2) is 5.22. The number of pyridine rings is 2. The molecule has 2 heterocycles. The molecule has 2 rings (SSSR count). The first-order valence-corrected chi connectivity index (χ1v) is 4.82. The van der Waals surface area contributed by atoms with Crippen LogP contribution in [0.5, 0.6) is 0 Å². The summed E-state index contributed by atoms with van der Waals surface area (Å²) in [5.41, 5.74) is 2.02. The molecule has 0 aliphatic carbocycles. The SMILES string of the molecule is c1ccc(COCc2cccnc2)nc1. The van der Waals surface area contributed by atoms with Crippen molar-refractivity contribution in [1.29, 1.82) is 0 Å². The number of hydrogen-bond donors (Lipinski definition) is 0. The van der Waals surface area contributed by atoms with Crippen molar-refractivity contribution in [3.63, 3.8) is 0 Å². The van der Waals surface area contributed by atoms with Gasteiger partial charge in [-0.1, -0.05) is 12.1 Å². The topological polar surface area (TPSA) is 35.0 Å². The molecule has 0 atom stereocenters. The molecule has 2 aromatic heterocycles. The largest absolute Gasteiger partial charge is 0.370 e. The van der Waals surface area contributed by atoms with E-state index in [1.165, 1.54) is 0 Å². The summed E-state index contributed by atoms with van der Waals surface area (Å²) < 4.78 is 5.50. The zero-order valence-electron chi connectivity index (χ0n) is 8.34. The van der Waals surface area contributed by atoms with Crippen molar-refractivity contribution >= 4 is 0 Å². The van der Waals surface area contributed by atoms with Crippen LogP contribution in [0.15, 0.2) is 48.9 Å². The fraction of sp³-hybridized carbons (Fsp3) is 0.167. The van der Waals surface area contributed by atoms with Crippen LogP contribution in [-0.2, 0) is 18.0 Å². The molecule has 3 nitrogen and oxygen atoms in total. The van der Waals surface area contributed by atoms with Gasteiger partial charge >= 0.3 is 0 Å². The monoisotopic (exact) mass is 200 g/mol. The molecule has 0 spiro atoms. The fourth-order valence-electron chi connectivity index (χ4n) is 1.24. The first-order chi connectivity index (χ1) is 7.45. The number of ether oxygens (including phenoxy) is 1. The molecular formula is C12H12N2O. The lowest BCUT2D eigenvalue weighted by Crippen LogP contribution is -1.96. The van der Waals surface area contributed by atoms with Gasteiger partial charge in [0.05, 0.1) is 18.9 Å². The van der Waals surface area contributed by atoms with E-state index in [0.717, 1.165) is 11.3 Å². The summed E-state index contributed by atoms with van der Waals surface area (Å²) in [6.07, 6.45) is 5.32. The summed E-state index contributed by atoms with van der Waals surface area (Å²) in [5.74, 6) is 0. The normalized spacial score (nSPS) is 10.1. The molecule has 0 aromatic carbocycles. The van der Waals surface area contributed by atoms with Crippen LogP contribution in [0, 0.1) is 0 Å². The van der Waals surface area contributed by atoms with Crippen molar-refractivity contribution in [2.45, 2.75) is 13.2 Å². The third-order valence-corrected chi connectivity index (χ3v) is 1.97. The highest BCUT2D eigenvalue weighted by atomic mass is 16.5. The molecule has 0 aliphatic heterocycles. The van der Waals surface area contributed by atoms with Crippen LogP contribution in [0.1, 0.15) is 11.3 Å². The Balaban J connectivity index is 1.81. The summed E-state index contributed by atoms with van der Waals surface area (Å²) in [4.78, 5) is 8.18. The molecule has 76 valence electrons. The number of hydrogen-bond acceptors (Lipinski definition) is 3. The molecule has 3 heteroatoms. The molecule has 0 saturated heterocycles. The van der Waals surface area contributed by atoms with Crippen molar-refractivity contribution in [2.75, 3.05) is 0 Å². The molecule has 0 aliphatic rings. The molecular weight excluding hydrogens is 188 g/mol. The Morgan fingerprint density at radius 1 is 1.00 bits per heavy atom. The van der Waals surface area contributed by atoms with Gasteiger partial charge in [0.15, 0.2) is 0 Å². The van der Waals surface area contributed by atoms with E-state index in [0.29, 0.717) is 13.2 Å². The fourth-order valence-corrected chi connectivity index (χ4v) is 1.24. The highest BCUT2D eigenvalue weighted by molar-refractivity contribution is 5.07. The van der Waals surface area contributed by atoms with E-state index in [2.05, 4.69) is 9.97 Å². The lowest BCUT2D eigenvalue weighted by molar-refractivity contribution is 0.104. The van der Waals surface area contributed by atoms with Gasteiger partial charge in [-0.05, 0) is 23.8 Å². The van der Waals surface area contributed by atoms with Crippen LogP contribution in [0.4, 0.5) is 0 Å². The summed E-state index contributed by atoms with van der Waals surface area (Å²) >= 11 is 0. The quantitative estimate of drug-likeness (QED) is 0.758. The van der Waals surface area contributed by atoms with Crippen molar-refractivity contribution in [3.8, 4) is 0 Å². The van der Waals surface area contributed by atoms with Crippen molar-refractivity contribution in [2.24, 2.45) is 0 Å². The maximum atomic E-state index is 5.50. The highest BCUT2D eigenvalue weighted by Crippen LogP contribution is 2.02. The third-order valence-electron chi connectivity index (χ3n) is 1.97. The summed E-state index contributed by atoms with van der Waals surface area (Å²) in [6, 6.07) is 9.69. The Morgan fingerprint density at radius 3 is 2.73 bits per heavy atom. The minimum atomic E-state index is 0.537. The lowest BCUT2D eigenvalue weighted by atomic mass is 10.3. The highest BCUT2D eigenvalue weighted by Gasteiger charge is 1.94. The van der Waals surface area contributed by atoms with E-state index >= 15 is 0 Å². The standard InChI is InChI=1S/C12H12N2O/c1-2-7-14-12(5-1)10-15-9-11-4-3-6-13-8-11/h1-8H,9-10H2. The van der Waals surface area contributed by atoms with Crippen molar-refractivity contribution in [3.05, 3.63) is 60.2 Å². The molecule has 0 bridgehead atoms. The maximum Gasteiger partial charge on any atom is 0.0892 e. The average molecular weight is 200 g/mol. The molecule has 0 N–H and O–H groups in total. The van der Waals surface area contributed by atoms with Crippen LogP contribution in [-0.4, -0.2) is 9.97 Å². The molecule has 0 unspecified atom stereocenters. The minimum Gasteiger partial charge on any atom is -0.370 e. The van der Waals surface area contributed by atoms with E-state index in [-0.39, 0.29) is 0 Å². The van der Waals surface area contributed by atoms with Crippen LogP contribution in [0.2, 0.25) is 0 Å². The summed E-state index contributed by atoms with van der Waals surface area (Å²) in [6.45, 7) is 1.11. The lowest BCUT2D eigenvalue weighted by Gasteiger charge is -2.02. The average Bonchev–Trinajstić information content (AvgIpc) is 2.32. The number of rotatable bonds is 4. The van der Waals surface area contributed by atoms with Gasteiger partial charge in [0.1, 0.15) is 0 Å². The Labute approximate surface area is 88.8 Å². The first kappa shape index (κ1) is 9.80. The third kappa shape index (κ3) is 3.14. The van der Waals surface area contributed by atoms with Crippen molar-refractivity contribution in [1.82, 2.24) is 9.97 Å². The van der Waals surface area contributed by atoms with Crippen LogP contribution in [0.25, 0.3) is 0 Å². The Bertz CT molecular complexity index is 349. The van der Waals surface area contributed by atoms with Crippen LogP contribution >= 0.6 is 0 Å². The molecule has 0 fully saturated rings. The van der Waals surface area contributed by atoms with E-state index in [1.807, 2.05) is 30.3 Å². The van der Waals surface area contributed by atoms with Gasteiger partial charge in [0.25, 0.3) is 0 Å². The van der Waals surface area contributed by atoms with E-state index in [9.17, 15) is 0 Å². The van der Waals surface area contributed by atoms with E-state index in [4.69, 9.17) is 4.74 Å². The Hall–Kier alpha value is -1.74. The van der Waals surface area contributed by atoms with Gasteiger partial charge in [0.2, 0.25) is 0 Å². The van der Waals surface area contributed by atoms with E-state index in [1.54, 1.807) is 18.6 Å². The van der Waals surface area contributed by atoms with Crippen molar-refractivity contribution < 1.29 is 4.74 Å². The Kier molecular flexibility index (Phi) is 3.41. The molecule has 15 heavy (non-hydrogen) atoms. The minimum absolute atomic E-state index is 0.537. The molecule has 0 amide bonds. The smallest absolute Gasteiger partial charge is 0.0892 e. The summed E-state index contributed by atoms with van der Waals surface area (Å²) in [5, 5.41) is 0. The van der Waals surface area contributed by atoms with Gasteiger partial charge in [-0.15, -0.1) is 0 Å². The van der Waals surface area contributed by atoms with Gasteiger partial charge in [-0.3, -0.25) is 9.97 Å². The van der Waals surface area contributed by atoms with Gasteiger partial charge in [-0.2, -0.15) is 0 Å². The first-order valence-electron chi connectivity index (χ1n) is 4.82. The summed E-state index contributed by atoms with van der Waals surface area (Å²) in [7, 11) is 0. The van der Waals surface area contributed by atoms with E-state index < -0.39 is 0 Å².